The summed E-state index contributed by atoms with van der Waals surface area (Å²) in [6.45, 7) is 1.27. The van der Waals surface area contributed by atoms with Gasteiger partial charge in [0, 0.05) is 6.08 Å². The largest absolute Gasteiger partial charge is 0.463 e. The molecule has 0 saturated heterocycles. The molecule has 0 fully saturated rings. The first-order valence-corrected chi connectivity index (χ1v) is 8.81. The van der Waals surface area contributed by atoms with E-state index in [2.05, 4.69) is 0 Å². The Hall–Kier alpha value is -1.44. The molecule has 0 aliphatic heterocycles. The molecule has 0 amide bonds. The van der Waals surface area contributed by atoms with Crippen molar-refractivity contribution in [2.45, 2.75) is 29.2 Å². The Kier molecular flexibility index (Phi) is 8.91. The highest BCUT2D eigenvalue weighted by Crippen LogP contribution is 2.32. The molecule has 0 aliphatic rings. The second-order valence-electron chi connectivity index (χ2n) is 5.29. The average molecular weight is 448 g/mol. The second-order valence-corrected chi connectivity index (χ2v) is 7.80. The van der Waals surface area contributed by atoms with E-state index in [9.17, 15) is 22.8 Å². The van der Waals surface area contributed by atoms with Gasteiger partial charge in [-0.15, -0.1) is 0 Å². The fourth-order valence-corrected chi connectivity index (χ4v) is 2.18. The number of esters is 2. The van der Waals surface area contributed by atoms with Crippen molar-refractivity contribution in [3.63, 3.8) is 0 Å². The molecule has 0 saturated carbocycles. The molecular formula is C17H16Cl3F3O4. The molecule has 0 N–H and O–H groups in total. The molecular weight excluding hydrogens is 432 g/mol. The molecule has 1 rings (SSSR count). The minimum absolute atomic E-state index is 0.0249. The minimum Gasteiger partial charge on any atom is -0.463 e. The summed E-state index contributed by atoms with van der Waals surface area (Å²) in [6.07, 6.45) is -2.06. The summed E-state index contributed by atoms with van der Waals surface area (Å²) in [7, 11) is 0. The molecule has 1 atom stereocenters. The van der Waals surface area contributed by atoms with Gasteiger partial charge in [-0.1, -0.05) is 53.0 Å². The van der Waals surface area contributed by atoms with E-state index in [1.807, 2.05) is 0 Å². The molecule has 27 heavy (non-hydrogen) atoms. The van der Waals surface area contributed by atoms with Crippen LogP contribution in [0.4, 0.5) is 13.2 Å². The van der Waals surface area contributed by atoms with Gasteiger partial charge < -0.3 is 9.47 Å². The normalized spacial score (nSPS) is 13.4. The third kappa shape index (κ3) is 8.86. The number of allylic oxidation sites excluding steroid dienone is 1. The summed E-state index contributed by atoms with van der Waals surface area (Å²) < 4.78 is 45.9. The van der Waals surface area contributed by atoms with Crippen LogP contribution >= 0.6 is 34.8 Å². The lowest BCUT2D eigenvalue weighted by Crippen LogP contribution is -2.22. The number of hydrogen-bond donors (Lipinski definition) is 0. The number of hydrogen-bond acceptors (Lipinski definition) is 4. The molecule has 150 valence electrons. The number of alkyl halides is 6. The molecule has 0 bridgehead atoms. The first-order chi connectivity index (χ1) is 12.4. The van der Waals surface area contributed by atoms with Gasteiger partial charge in [-0.3, -0.25) is 4.79 Å². The molecule has 1 aromatic carbocycles. The van der Waals surface area contributed by atoms with Crippen molar-refractivity contribution in [1.82, 2.24) is 0 Å². The maximum absolute atomic E-state index is 12.7. The number of halogens is 6. The minimum atomic E-state index is -4.51. The van der Waals surface area contributed by atoms with E-state index in [1.54, 1.807) is 6.92 Å². The van der Waals surface area contributed by atoms with Gasteiger partial charge in [0.25, 0.3) is 0 Å². The number of carbonyl (C=O) groups is 2. The van der Waals surface area contributed by atoms with Crippen LogP contribution in [0.2, 0.25) is 0 Å². The van der Waals surface area contributed by atoms with E-state index in [0.29, 0.717) is 0 Å². The monoisotopic (exact) mass is 446 g/mol. The van der Waals surface area contributed by atoms with E-state index >= 15 is 0 Å². The van der Waals surface area contributed by atoms with Crippen LogP contribution in [-0.4, -0.2) is 28.9 Å². The lowest BCUT2D eigenvalue weighted by Gasteiger charge is -2.18. The van der Waals surface area contributed by atoms with Crippen LogP contribution < -0.4 is 0 Å². The quantitative estimate of drug-likeness (QED) is 0.327. The van der Waals surface area contributed by atoms with Crippen LogP contribution in [0.3, 0.4) is 0 Å². The Morgan fingerprint density at radius 2 is 1.70 bits per heavy atom. The number of rotatable bonds is 7. The zero-order valence-electron chi connectivity index (χ0n) is 14.1. The average Bonchev–Trinajstić information content (AvgIpc) is 2.55. The topological polar surface area (TPSA) is 52.6 Å². The number of benzene rings is 1. The number of ether oxygens (including phenoxy) is 2. The highest BCUT2D eigenvalue weighted by atomic mass is 35.6. The second kappa shape index (κ2) is 10.2. The zero-order valence-corrected chi connectivity index (χ0v) is 16.3. The summed E-state index contributed by atoms with van der Waals surface area (Å²) in [6, 6.07) is 4.00. The predicted octanol–water partition coefficient (Wildman–Crippen LogP) is 5.21. The molecule has 0 aromatic heterocycles. The van der Waals surface area contributed by atoms with Crippen molar-refractivity contribution in [3.8, 4) is 0 Å². The molecule has 1 aromatic rings. The Bertz CT molecular complexity index is 667. The highest BCUT2D eigenvalue weighted by Gasteiger charge is 2.31. The van der Waals surface area contributed by atoms with Crippen molar-refractivity contribution >= 4 is 46.7 Å². The lowest BCUT2D eigenvalue weighted by molar-refractivity contribution is -0.145. The summed E-state index contributed by atoms with van der Waals surface area (Å²) in [5.41, 5.74) is -0.604. The van der Waals surface area contributed by atoms with Gasteiger partial charge in [-0.05, 0) is 31.0 Å². The van der Waals surface area contributed by atoms with E-state index < -0.39 is 40.0 Å². The third-order valence-corrected chi connectivity index (χ3v) is 3.54. The maximum Gasteiger partial charge on any atom is 0.416 e. The van der Waals surface area contributed by atoms with Gasteiger partial charge >= 0.3 is 18.1 Å². The van der Waals surface area contributed by atoms with E-state index in [4.69, 9.17) is 44.3 Å². The Balaban J connectivity index is 2.99. The molecule has 4 nitrogen and oxygen atoms in total. The van der Waals surface area contributed by atoms with Gasteiger partial charge in [-0.25, -0.2) is 4.79 Å². The molecule has 10 heteroatoms. The SMILES string of the molecule is CCOC(=O)/C=C/C[C@H](C(=O)OCC(Cl)(Cl)Cl)c1ccc(C(F)(F)F)cc1. The summed E-state index contributed by atoms with van der Waals surface area (Å²) in [5, 5.41) is 0. The van der Waals surface area contributed by atoms with Crippen LogP contribution in [0, 0.1) is 0 Å². The van der Waals surface area contributed by atoms with E-state index in [0.717, 1.165) is 30.3 Å². The Morgan fingerprint density at radius 3 is 2.19 bits per heavy atom. The third-order valence-electron chi connectivity index (χ3n) is 3.22. The molecule has 0 heterocycles. The molecule has 0 aliphatic carbocycles. The maximum atomic E-state index is 12.7. The van der Waals surface area contributed by atoms with Crippen LogP contribution in [-0.2, 0) is 25.2 Å². The van der Waals surface area contributed by atoms with Crippen molar-refractivity contribution < 1.29 is 32.2 Å². The first-order valence-electron chi connectivity index (χ1n) is 7.68. The molecule has 0 unspecified atom stereocenters. The van der Waals surface area contributed by atoms with Gasteiger partial charge in [0.15, 0.2) is 0 Å². The number of carbonyl (C=O) groups excluding carboxylic acids is 2. The molecule has 0 radical (unpaired) electrons. The Labute approximate surface area is 169 Å². The molecule has 0 spiro atoms. The summed E-state index contributed by atoms with van der Waals surface area (Å²) in [4.78, 5) is 23.6. The summed E-state index contributed by atoms with van der Waals surface area (Å²) in [5.74, 6) is -2.42. The summed E-state index contributed by atoms with van der Waals surface area (Å²) >= 11 is 16.6. The van der Waals surface area contributed by atoms with Crippen LogP contribution in [0.5, 0.6) is 0 Å². The fraction of sp³-hybridized carbons (Fsp3) is 0.412. The fourth-order valence-electron chi connectivity index (χ4n) is 2.02. The highest BCUT2D eigenvalue weighted by molar-refractivity contribution is 6.67. The van der Waals surface area contributed by atoms with Gasteiger partial charge in [0.05, 0.1) is 18.1 Å². The lowest BCUT2D eigenvalue weighted by atomic mass is 9.94. The van der Waals surface area contributed by atoms with Crippen molar-refractivity contribution in [2.75, 3.05) is 13.2 Å². The van der Waals surface area contributed by atoms with Gasteiger partial charge in [-0.2, -0.15) is 13.2 Å². The van der Waals surface area contributed by atoms with Crippen LogP contribution in [0.1, 0.15) is 30.4 Å². The van der Waals surface area contributed by atoms with Crippen molar-refractivity contribution in [1.29, 1.82) is 0 Å². The smallest absolute Gasteiger partial charge is 0.416 e. The first kappa shape index (κ1) is 23.6. The van der Waals surface area contributed by atoms with Gasteiger partial charge in [0.2, 0.25) is 3.79 Å². The van der Waals surface area contributed by atoms with Crippen LogP contribution in [0.25, 0.3) is 0 Å². The van der Waals surface area contributed by atoms with Gasteiger partial charge in [0.1, 0.15) is 6.61 Å². The standard InChI is InChI=1S/C17H16Cl3F3O4/c1-2-26-14(24)5-3-4-13(15(25)27-10-16(18,19)20)11-6-8-12(9-7-11)17(21,22)23/h3,5-9,13H,2,4,10H2,1H3/b5-3+/t13-/m0/s1. The Morgan fingerprint density at radius 1 is 1.11 bits per heavy atom. The van der Waals surface area contributed by atoms with E-state index in [1.165, 1.54) is 6.08 Å². The van der Waals surface area contributed by atoms with Crippen molar-refractivity contribution in [2.24, 2.45) is 0 Å². The van der Waals surface area contributed by atoms with Crippen LogP contribution in [0.15, 0.2) is 36.4 Å². The predicted molar refractivity (Wildman–Crippen MR) is 95.8 cm³/mol. The van der Waals surface area contributed by atoms with Crippen molar-refractivity contribution in [3.05, 3.63) is 47.5 Å². The van der Waals surface area contributed by atoms with E-state index in [-0.39, 0.29) is 18.6 Å². The zero-order chi connectivity index (χ0) is 20.7.